The van der Waals surface area contributed by atoms with Crippen LogP contribution in [-0.4, -0.2) is 54.1 Å². The smallest absolute Gasteiger partial charge is 0.411 e. The molecule has 0 spiro atoms. The summed E-state index contributed by atoms with van der Waals surface area (Å²) in [6, 6.07) is 6.78. The van der Waals surface area contributed by atoms with Crippen molar-refractivity contribution in [1.29, 1.82) is 0 Å². The molecule has 0 aliphatic carbocycles. The van der Waals surface area contributed by atoms with Crippen molar-refractivity contribution in [3.8, 4) is 10.4 Å². The van der Waals surface area contributed by atoms with E-state index < -0.39 is 6.29 Å². The Hall–Kier alpha value is -2.85. The van der Waals surface area contributed by atoms with Crippen molar-refractivity contribution < 1.29 is 23.0 Å². The second-order valence-electron chi connectivity index (χ2n) is 8.22. The first-order valence-electron chi connectivity index (χ1n) is 11.1. The molecular formula is C25H25F2N3O3S. The first kappa shape index (κ1) is 22.9. The summed E-state index contributed by atoms with van der Waals surface area (Å²) in [5.41, 5.74) is 3.42. The molecule has 5 rings (SSSR count). The van der Waals surface area contributed by atoms with E-state index in [1.54, 1.807) is 23.5 Å². The predicted octanol–water partition coefficient (Wildman–Crippen LogP) is 5.74. The van der Waals surface area contributed by atoms with E-state index in [0.29, 0.717) is 6.04 Å². The molecule has 1 N–H and O–H groups in total. The van der Waals surface area contributed by atoms with Crippen molar-refractivity contribution in [2.45, 2.75) is 19.3 Å². The molecule has 2 aliphatic heterocycles. The average molecular weight is 486 g/mol. The fourth-order valence-electron chi connectivity index (χ4n) is 4.09. The number of thiophene rings is 1. The van der Waals surface area contributed by atoms with E-state index in [4.69, 9.17) is 4.74 Å². The van der Waals surface area contributed by atoms with Gasteiger partial charge in [0.25, 0.3) is 0 Å². The Balaban J connectivity index is 1.34. The molecule has 5 heterocycles. The molecule has 0 radical (unpaired) electrons. The van der Waals surface area contributed by atoms with Gasteiger partial charge in [-0.3, -0.25) is 9.64 Å². The number of nitrogens with zero attached hydrogens (tertiary/aromatic N) is 2. The number of allylic oxidation sites excluding steroid dienone is 4. The van der Waals surface area contributed by atoms with E-state index in [1.807, 2.05) is 12.4 Å². The minimum atomic E-state index is -3.56. The molecule has 0 aromatic carbocycles. The third-order valence-corrected chi connectivity index (χ3v) is 7.31. The molecule has 0 amide bonds. The molecule has 6 nitrogen and oxygen atoms in total. The van der Waals surface area contributed by atoms with E-state index in [1.165, 1.54) is 11.0 Å². The Kier molecular flexibility index (Phi) is 6.35. The second-order valence-corrected chi connectivity index (χ2v) is 9.34. The van der Waals surface area contributed by atoms with Crippen molar-refractivity contribution >= 4 is 27.9 Å². The molecule has 178 valence electrons. The first-order valence-corrected chi connectivity index (χ1v) is 11.9. The molecular weight excluding hydrogens is 460 g/mol. The molecule has 34 heavy (non-hydrogen) atoms. The van der Waals surface area contributed by atoms with Gasteiger partial charge in [0.05, 0.1) is 13.2 Å². The zero-order valence-electron chi connectivity index (χ0n) is 18.7. The number of hydrogen-bond donors (Lipinski definition) is 1. The van der Waals surface area contributed by atoms with Crippen LogP contribution in [0, 0.1) is 0 Å². The minimum Gasteiger partial charge on any atom is -0.411 e. The van der Waals surface area contributed by atoms with E-state index in [-0.39, 0.29) is 12.4 Å². The Bertz CT molecular complexity index is 1260. The summed E-state index contributed by atoms with van der Waals surface area (Å²) < 4.78 is 40.0. The molecule has 2 aliphatic rings. The van der Waals surface area contributed by atoms with Gasteiger partial charge >= 0.3 is 6.29 Å². The highest BCUT2D eigenvalue weighted by atomic mass is 32.1. The number of morpholine rings is 1. The van der Waals surface area contributed by atoms with Crippen LogP contribution in [0.25, 0.3) is 27.0 Å². The lowest BCUT2D eigenvalue weighted by Gasteiger charge is -2.31. The second kappa shape index (κ2) is 9.42. The lowest BCUT2D eigenvalue weighted by atomic mass is 10.1. The summed E-state index contributed by atoms with van der Waals surface area (Å²) >= 11 is 1.78. The number of nitrogens with one attached hydrogen (secondary N) is 1. The van der Waals surface area contributed by atoms with Crippen LogP contribution >= 0.6 is 11.3 Å². The molecule has 1 unspecified atom stereocenters. The van der Waals surface area contributed by atoms with Crippen molar-refractivity contribution in [3.05, 3.63) is 71.6 Å². The van der Waals surface area contributed by atoms with Gasteiger partial charge in [-0.15, -0.1) is 20.1 Å². The quantitative estimate of drug-likeness (QED) is 0.452. The molecule has 2 saturated heterocycles. The molecule has 2 fully saturated rings. The van der Waals surface area contributed by atoms with Gasteiger partial charge in [0, 0.05) is 57.8 Å². The monoisotopic (exact) mass is 485 g/mol. The topological polar surface area (TPSA) is 59.6 Å². The Morgan fingerprint density at radius 3 is 2.91 bits per heavy atom. The van der Waals surface area contributed by atoms with Crippen molar-refractivity contribution in [2.75, 3.05) is 32.9 Å². The summed E-state index contributed by atoms with van der Waals surface area (Å²) in [4.78, 5) is 12.7. The normalized spacial score (nSPS) is 20.9. The molecule has 0 bridgehead atoms. The van der Waals surface area contributed by atoms with Gasteiger partial charge in [0.1, 0.15) is 18.0 Å². The van der Waals surface area contributed by atoms with E-state index >= 15 is 0 Å². The van der Waals surface area contributed by atoms with Gasteiger partial charge in [-0.1, -0.05) is 18.7 Å². The molecule has 1 atom stereocenters. The van der Waals surface area contributed by atoms with Gasteiger partial charge in [-0.2, -0.15) is 0 Å². The number of ether oxygens (including phenoxy) is 3. The highest BCUT2D eigenvalue weighted by molar-refractivity contribution is 7.15. The van der Waals surface area contributed by atoms with Crippen LogP contribution in [-0.2, 0) is 14.2 Å². The fraction of sp³-hybridized carbons (Fsp3) is 0.320. The van der Waals surface area contributed by atoms with Crippen LogP contribution in [0.5, 0.6) is 0 Å². The zero-order chi connectivity index (χ0) is 23.7. The largest absolute Gasteiger partial charge is 0.535 e. The number of fused-ring (bicyclic) bond motifs is 1. The molecule has 3 aromatic rings. The SMILES string of the molecule is C=C(/C=C\C=C1/COC(F)(F)O1)c1c[nH]c2ncc(-c3ccc(C(C)N4CCOCC4)s3)cc12. The van der Waals surface area contributed by atoms with Crippen molar-refractivity contribution in [3.63, 3.8) is 0 Å². The summed E-state index contributed by atoms with van der Waals surface area (Å²) in [5, 5.41) is 0.947. The minimum absolute atomic E-state index is 0.0664. The Morgan fingerprint density at radius 1 is 1.32 bits per heavy atom. The van der Waals surface area contributed by atoms with Gasteiger partial charge in [0.2, 0.25) is 0 Å². The predicted molar refractivity (Wildman–Crippen MR) is 128 cm³/mol. The van der Waals surface area contributed by atoms with Crippen LogP contribution in [0.2, 0.25) is 0 Å². The third kappa shape index (κ3) is 4.83. The molecule has 9 heteroatoms. The highest BCUT2D eigenvalue weighted by Gasteiger charge is 2.40. The Morgan fingerprint density at radius 2 is 2.15 bits per heavy atom. The van der Waals surface area contributed by atoms with E-state index in [9.17, 15) is 8.78 Å². The lowest BCUT2D eigenvalue weighted by Crippen LogP contribution is -2.37. The van der Waals surface area contributed by atoms with Crippen molar-refractivity contribution in [1.82, 2.24) is 14.9 Å². The number of hydrogen-bond acceptors (Lipinski definition) is 6. The van der Waals surface area contributed by atoms with Crippen molar-refractivity contribution in [2.24, 2.45) is 0 Å². The number of rotatable bonds is 6. The summed E-state index contributed by atoms with van der Waals surface area (Å²) in [6.45, 7) is 9.55. The van der Waals surface area contributed by atoms with Crippen LogP contribution in [0.4, 0.5) is 8.78 Å². The number of aromatic amines is 1. The van der Waals surface area contributed by atoms with Crippen LogP contribution in [0.15, 0.2) is 61.2 Å². The summed E-state index contributed by atoms with van der Waals surface area (Å²) in [5.74, 6) is 0.0664. The average Bonchev–Trinajstić information content (AvgIpc) is 3.57. The van der Waals surface area contributed by atoms with Gasteiger partial charge in [-0.05, 0) is 36.8 Å². The molecule has 0 saturated carbocycles. The standard InChI is InChI=1S/C25H25F2N3O3S/c1-16(4-3-5-19-15-32-25(26,27)33-19)21-14-29-24-20(21)12-18(13-28-24)23-7-6-22(34-23)17(2)30-8-10-31-11-9-30/h3-7,12-14,17H,1,8-11,15H2,2H3,(H,28,29)/b4-3-,19-5+. The summed E-state index contributed by atoms with van der Waals surface area (Å²) in [6.07, 6.45) is 4.99. The maximum atomic E-state index is 13.0. The van der Waals surface area contributed by atoms with E-state index in [2.05, 4.69) is 56.0 Å². The fourth-order valence-corrected chi connectivity index (χ4v) is 5.17. The number of pyridine rings is 1. The number of H-pyrrole nitrogens is 1. The van der Waals surface area contributed by atoms with Gasteiger partial charge in [0.15, 0.2) is 0 Å². The van der Waals surface area contributed by atoms with Crippen LogP contribution < -0.4 is 0 Å². The third-order valence-electron chi connectivity index (χ3n) is 6.01. The van der Waals surface area contributed by atoms with E-state index in [0.717, 1.165) is 58.9 Å². The van der Waals surface area contributed by atoms with Crippen LogP contribution in [0.3, 0.4) is 0 Å². The Labute approximate surface area is 200 Å². The zero-order valence-corrected chi connectivity index (χ0v) is 19.5. The van der Waals surface area contributed by atoms with Crippen LogP contribution in [0.1, 0.15) is 23.4 Å². The first-order chi connectivity index (χ1) is 16.4. The maximum absolute atomic E-state index is 13.0. The molecule has 3 aromatic heterocycles. The van der Waals surface area contributed by atoms with Gasteiger partial charge in [-0.25, -0.2) is 4.98 Å². The summed E-state index contributed by atoms with van der Waals surface area (Å²) in [7, 11) is 0. The lowest BCUT2D eigenvalue weighted by molar-refractivity contribution is -0.334. The number of alkyl halides is 2. The van der Waals surface area contributed by atoms with Gasteiger partial charge < -0.3 is 14.5 Å². The number of halogens is 2. The maximum Gasteiger partial charge on any atom is 0.535 e. The highest BCUT2D eigenvalue weighted by Crippen LogP contribution is 2.36. The number of aromatic nitrogens is 2.